The molecule has 2 aliphatic heterocycles. The number of aromatic amines is 1. The SMILES string of the molecule is C#Cc1c(F)ccc2cccc(-c3ncc4c(=O)[nH]c(OCC56CCCN5CC(=C)C6)nc4c3F)c12. The number of nitrogens with one attached hydrogen (secondary N) is 1. The van der Waals surface area contributed by atoms with E-state index in [1.165, 1.54) is 12.3 Å². The lowest BCUT2D eigenvalue weighted by molar-refractivity contribution is 0.107. The molecule has 4 aromatic rings. The Hall–Kier alpha value is -4.09. The summed E-state index contributed by atoms with van der Waals surface area (Å²) in [6, 6.07) is 7.88. The maximum atomic E-state index is 15.9. The lowest BCUT2D eigenvalue weighted by Gasteiger charge is -2.30. The summed E-state index contributed by atoms with van der Waals surface area (Å²) in [5.41, 5.74) is 0.499. The number of benzene rings is 2. The molecule has 8 heteroatoms. The average molecular weight is 485 g/mol. The normalized spacial score (nSPS) is 19.6. The summed E-state index contributed by atoms with van der Waals surface area (Å²) in [6.45, 7) is 6.24. The largest absolute Gasteiger partial charge is 0.463 e. The lowest BCUT2D eigenvalue weighted by atomic mass is 9.94. The second kappa shape index (κ2) is 8.25. The third-order valence-corrected chi connectivity index (χ3v) is 7.28. The minimum Gasteiger partial charge on any atom is -0.463 e. The van der Waals surface area contributed by atoms with Crippen LogP contribution in [0.25, 0.3) is 32.9 Å². The van der Waals surface area contributed by atoms with E-state index < -0.39 is 17.2 Å². The van der Waals surface area contributed by atoms with Gasteiger partial charge < -0.3 is 4.74 Å². The number of pyridine rings is 1. The Morgan fingerprint density at radius 1 is 1.28 bits per heavy atom. The van der Waals surface area contributed by atoms with Gasteiger partial charge in [-0.2, -0.15) is 4.98 Å². The fourth-order valence-electron chi connectivity index (χ4n) is 5.64. The Morgan fingerprint density at radius 2 is 2.14 bits per heavy atom. The molecular weight excluding hydrogens is 462 g/mol. The highest BCUT2D eigenvalue weighted by Crippen LogP contribution is 2.41. The first kappa shape index (κ1) is 22.4. The summed E-state index contributed by atoms with van der Waals surface area (Å²) in [7, 11) is 0. The van der Waals surface area contributed by atoms with Crippen molar-refractivity contribution in [2.45, 2.75) is 24.8 Å². The minimum absolute atomic E-state index is 0.0120. The van der Waals surface area contributed by atoms with Crippen LogP contribution in [0.4, 0.5) is 8.78 Å². The van der Waals surface area contributed by atoms with Gasteiger partial charge in [-0.1, -0.05) is 42.3 Å². The number of hydrogen-bond acceptors (Lipinski definition) is 5. The van der Waals surface area contributed by atoms with E-state index >= 15 is 4.39 Å². The van der Waals surface area contributed by atoms with Crippen molar-refractivity contribution >= 4 is 21.7 Å². The molecule has 0 spiro atoms. The number of terminal acetylenes is 1. The van der Waals surface area contributed by atoms with Crippen molar-refractivity contribution in [3.63, 3.8) is 0 Å². The summed E-state index contributed by atoms with van der Waals surface area (Å²) < 4.78 is 36.3. The van der Waals surface area contributed by atoms with Gasteiger partial charge in [0.1, 0.15) is 23.6 Å². The number of fused-ring (bicyclic) bond motifs is 3. The molecule has 180 valence electrons. The summed E-state index contributed by atoms with van der Waals surface area (Å²) in [5, 5.41) is 1.00. The van der Waals surface area contributed by atoms with Gasteiger partial charge in [0.05, 0.1) is 16.5 Å². The predicted molar refractivity (Wildman–Crippen MR) is 134 cm³/mol. The number of aromatic nitrogens is 3. The molecule has 2 fully saturated rings. The summed E-state index contributed by atoms with van der Waals surface area (Å²) in [5.74, 6) is 0.970. The van der Waals surface area contributed by atoms with Gasteiger partial charge in [-0.3, -0.25) is 19.7 Å². The molecular formula is C28H22F2N4O2. The molecule has 2 aliphatic rings. The van der Waals surface area contributed by atoms with Gasteiger partial charge in [0.15, 0.2) is 5.82 Å². The number of ether oxygens (including phenoxy) is 1. The van der Waals surface area contributed by atoms with E-state index in [0.717, 1.165) is 37.9 Å². The van der Waals surface area contributed by atoms with Crippen LogP contribution in [0.2, 0.25) is 0 Å². The lowest BCUT2D eigenvalue weighted by Crippen LogP contribution is -2.43. The van der Waals surface area contributed by atoms with Crippen LogP contribution in [0.3, 0.4) is 0 Å². The minimum atomic E-state index is -0.807. The van der Waals surface area contributed by atoms with Crippen LogP contribution in [0, 0.1) is 24.0 Å². The van der Waals surface area contributed by atoms with Gasteiger partial charge in [-0.15, -0.1) is 6.42 Å². The monoisotopic (exact) mass is 484 g/mol. The van der Waals surface area contributed by atoms with E-state index in [4.69, 9.17) is 11.2 Å². The Morgan fingerprint density at radius 3 is 2.97 bits per heavy atom. The third-order valence-electron chi connectivity index (χ3n) is 7.28. The number of H-pyrrole nitrogens is 1. The quantitative estimate of drug-likeness (QED) is 0.339. The summed E-state index contributed by atoms with van der Waals surface area (Å²) in [6.07, 6.45) is 9.68. The summed E-state index contributed by atoms with van der Waals surface area (Å²) in [4.78, 5) is 26.2. The topological polar surface area (TPSA) is 71.1 Å². The highest BCUT2D eigenvalue weighted by Gasteiger charge is 2.46. The van der Waals surface area contributed by atoms with E-state index in [-0.39, 0.29) is 33.7 Å². The zero-order valence-corrected chi connectivity index (χ0v) is 19.4. The maximum Gasteiger partial charge on any atom is 0.297 e. The van der Waals surface area contributed by atoms with Crippen LogP contribution in [0.15, 0.2) is 53.5 Å². The zero-order valence-electron chi connectivity index (χ0n) is 19.4. The third kappa shape index (κ3) is 3.39. The number of nitrogens with zero attached hydrogens (tertiary/aromatic N) is 3. The first-order valence-corrected chi connectivity index (χ1v) is 11.7. The molecule has 1 atom stereocenters. The molecule has 0 saturated carbocycles. The van der Waals surface area contributed by atoms with E-state index in [1.54, 1.807) is 24.3 Å². The molecule has 4 heterocycles. The second-order valence-electron chi connectivity index (χ2n) is 9.49. The summed E-state index contributed by atoms with van der Waals surface area (Å²) >= 11 is 0. The Kier molecular flexibility index (Phi) is 5.13. The van der Waals surface area contributed by atoms with Crippen molar-refractivity contribution in [3.8, 4) is 29.6 Å². The van der Waals surface area contributed by atoms with Crippen molar-refractivity contribution in [1.29, 1.82) is 0 Å². The molecule has 2 aromatic carbocycles. The molecule has 2 aromatic heterocycles. The van der Waals surface area contributed by atoms with Crippen molar-refractivity contribution in [2.75, 3.05) is 19.7 Å². The first-order valence-electron chi connectivity index (χ1n) is 11.7. The van der Waals surface area contributed by atoms with E-state index in [0.29, 0.717) is 22.9 Å². The molecule has 2 saturated heterocycles. The molecule has 6 nitrogen and oxygen atoms in total. The van der Waals surface area contributed by atoms with Gasteiger partial charge >= 0.3 is 0 Å². The van der Waals surface area contributed by atoms with Gasteiger partial charge in [0, 0.05) is 23.7 Å². The highest BCUT2D eigenvalue weighted by molar-refractivity contribution is 6.01. The molecule has 1 N–H and O–H groups in total. The van der Waals surface area contributed by atoms with Gasteiger partial charge in [0.2, 0.25) is 0 Å². The fourth-order valence-corrected chi connectivity index (χ4v) is 5.64. The zero-order chi connectivity index (χ0) is 25.0. The van der Waals surface area contributed by atoms with Crippen LogP contribution >= 0.6 is 0 Å². The second-order valence-corrected chi connectivity index (χ2v) is 9.49. The van der Waals surface area contributed by atoms with Gasteiger partial charge in [-0.05, 0) is 37.3 Å². The fraction of sp³-hybridized carbons (Fsp3) is 0.250. The van der Waals surface area contributed by atoms with Gasteiger partial charge in [-0.25, -0.2) is 8.78 Å². The van der Waals surface area contributed by atoms with E-state index in [1.807, 2.05) is 0 Å². The first-order chi connectivity index (χ1) is 17.4. The van der Waals surface area contributed by atoms with Crippen molar-refractivity contribution in [2.24, 2.45) is 0 Å². The molecule has 1 unspecified atom stereocenters. The Labute approximate surface area is 205 Å². The van der Waals surface area contributed by atoms with Crippen LogP contribution < -0.4 is 10.3 Å². The maximum absolute atomic E-state index is 15.9. The van der Waals surface area contributed by atoms with Crippen LogP contribution in [-0.4, -0.2) is 45.1 Å². The number of halogens is 2. The Bertz CT molecular complexity index is 1670. The molecule has 0 amide bonds. The average Bonchev–Trinajstić information content (AvgIpc) is 3.39. The molecule has 0 aliphatic carbocycles. The Balaban J connectivity index is 1.44. The van der Waals surface area contributed by atoms with Crippen LogP contribution in [0.5, 0.6) is 6.01 Å². The van der Waals surface area contributed by atoms with E-state index in [2.05, 4.69) is 32.4 Å². The smallest absolute Gasteiger partial charge is 0.297 e. The molecule has 0 bridgehead atoms. The van der Waals surface area contributed by atoms with Crippen LogP contribution in [-0.2, 0) is 0 Å². The standard InChI is InChI=1S/C28H22F2N4O2/c1-3-18-21(29)9-8-17-6-4-7-19(22(17)18)24-23(30)25-20(13-31-24)26(35)33-27(32-25)36-15-28-10-5-11-34(28)14-16(2)12-28/h1,4,6-9,13H,2,5,10-12,14-15H2,(H,32,33,35). The number of rotatable bonds is 4. The van der Waals surface area contributed by atoms with E-state index in [9.17, 15) is 9.18 Å². The highest BCUT2D eigenvalue weighted by atomic mass is 19.1. The van der Waals surface area contributed by atoms with Gasteiger partial charge in [0.25, 0.3) is 11.6 Å². The molecule has 36 heavy (non-hydrogen) atoms. The van der Waals surface area contributed by atoms with Crippen molar-refractivity contribution < 1.29 is 13.5 Å². The van der Waals surface area contributed by atoms with Crippen molar-refractivity contribution in [3.05, 3.63) is 76.2 Å². The molecule has 6 rings (SSSR count). The van der Waals surface area contributed by atoms with Crippen molar-refractivity contribution in [1.82, 2.24) is 19.9 Å². The number of hydrogen-bond donors (Lipinski definition) is 1. The van der Waals surface area contributed by atoms with Crippen LogP contribution in [0.1, 0.15) is 24.8 Å². The molecule has 0 radical (unpaired) electrons. The predicted octanol–water partition coefficient (Wildman–Crippen LogP) is 4.57.